The molecule has 1 aromatic heterocycles. The van der Waals surface area contributed by atoms with Crippen molar-refractivity contribution in [2.24, 2.45) is 0 Å². The van der Waals surface area contributed by atoms with Gasteiger partial charge in [-0.05, 0) is 30.2 Å². The monoisotopic (exact) mass is 182 g/mol. The molecule has 0 fully saturated rings. The molecule has 0 amide bonds. The van der Waals surface area contributed by atoms with Crippen molar-refractivity contribution in [3.05, 3.63) is 41.7 Å². The van der Waals surface area contributed by atoms with Gasteiger partial charge in [0.25, 0.3) is 0 Å². The summed E-state index contributed by atoms with van der Waals surface area (Å²) in [6.45, 7) is 2.04. The molecule has 0 spiro atoms. The average Bonchev–Trinajstić information content (AvgIpc) is 2.70. The summed E-state index contributed by atoms with van der Waals surface area (Å²) in [6, 6.07) is 5.97. The van der Waals surface area contributed by atoms with Crippen LogP contribution in [0.1, 0.15) is 11.1 Å². The van der Waals surface area contributed by atoms with Crippen LogP contribution in [-0.4, -0.2) is 10.2 Å². The number of nitrogens with zero attached hydrogens (tertiary/aromatic N) is 1. The zero-order valence-electron chi connectivity index (χ0n) is 7.91. The third-order valence-corrected chi connectivity index (χ3v) is 2.20. The van der Waals surface area contributed by atoms with E-state index in [-0.39, 0.29) is 0 Å². The molecule has 2 heteroatoms. The molecule has 2 nitrogen and oxygen atoms in total. The summed E-state index contributed by atoms with van der Waals surface area (Å²) in [4.78, 5) is 0. The maximum absolute atomic E-state index is 5.32. The molecule has 2 aromatic rings. The maximum atomic E-state index is 5.32. The lowest BCUT2D eigenvalue weighted by molar-refractivity contribution is 1.09. The van der Waals surface area contributed by atoms with Gasteiger partial charge >= 0.3 is 0 Å². The van der Waals surface area contributed by atoms with Crippen LogP contribution in [0.25, 0.3) is 11.1 Å². The minimum atomic E-state index is 0.912. The van der Waals surface area contributed by atoms with E-state index < -0.39 is 0 Å². The first-order valence-electron chi connectivity index (χ1n) is 4.37. The van der Waals surface area contributed by atoms with E-state index in [9.17, 15) is 0 Å². The summed E-state index contributed by atoms with van der Waals surface area (Å²) >= 11 is 0. The van der Waals surface area contributed by atoms with Gasteiger partial charge in [0.05, 0.1) is 6.20 Å². The number of H-pyrrole nitrogens is 1. The third kappa shape index (κ3) is 1.40. The van der Waals surface area contributed by atoms with Crippen LogP contribution >= 0.6 is 0 Å². The molecule has 0 aliphatic heterocycles. The third-order valence-electron chi connectivity index (χ3n) is 2.20. The van der Waals surface area contributed by atoms with Crippen molar-refractivity contribution >= 4 is 0 Å². The van der Waals surface area contributed by atoms with Gasteiger partial charge in [-0.2, -0.15) is 5.10 Å². The SMILES string of the molecule is C#Cc1ccc(-c2cn[nH]c2)c(C)c1. The lowest BCUT2D eigenvalue weighted by atomic mass is 10.0. The topological polar surface area (TPSA) is 28.7 Å². The molecule has 2 rings (SSSR count). The predicted octanol–water partition coefficient (Wildman–Crippen LogP) is 2.37. The highest BCUT2D eigenvalue weighted by molar-refractivity contribution is 5.66. The van der Waals surface area contributed by atoms with E-state index in [0.29, 0.717) is 0 Å². The van der Waals surface area contributed by atoms with Gasteiger partial charge in [0.1, 0.15) is 0 Å². The first-order valence-corrected chi connectivity index (χ1v) is 4.37. The molecular weight excluding hydrogens is 172 g/mol. The second-order valence-corrected chi connectivity index (χ2v) is 3.16. The van der Waals surface area contributed by atoms with Crippen molar-refractivity contribution in [2.45, 2.75) is 6.92 Å². The fourth-order valence-corrected chi connectivity index (χ4v) is 1.48. The van der Waals surface area contributed by atoms with Gasteiger partial charge in [-0.1, -0.05) is 12.0 Å². The van der Waals surface area contributed by atoms with E-state index in [4.69, 9.17) is 6.42 Å². The number of aromatic amines is 1. The number of benzene rings is 1. The van der Waals surface area contributed by atoms with Crippen molar-refractivity contribution in [2.75, 3.05) is 0 Å². The molecule has 0 aliphatic rings. The highest BCUT2D eigenvalue weighted by Crippen LogP contribution is 2.22. The molecule has 0 bridgehead atoms. The molecule has 14 heavy (non-hydrogen) atoms. The van der Waals surface area contributed by atoms with Crippen LogP contribution in [0.4, 0.5) is 0 Å². The Balaban J connectivity index is 2.52. The first kappa shape index (κ1) is 8.58. The smallest absolute Gasteiger partial charge is 0.0565 e. The van der Waals surface area contributed by atoms with Crippen LogP contribution < -0.4 is 0 Å². The van der Waals surface area contributed by atoms with Crippen LogP contribution in [0.15, 0.2) is 30.6 Å². The van der Waals surface area contributed by atoms with Gasteiger partial charge in [-0.25, -0.2) is 0 Å². The number of terminal acetylenes is 1. The standard InChI is InChI=1S/C12H10N2/c1-3-10-4-5-12(9(2)6-10)11-7-13-14-8-11/h1,4-8H,2H3,(H,13,14). The van der Waals surface area contributed by atoms with Gasteiger partial charge in [0.2, 0.25) is 0 Å². The Kier molecular flexibility index (Phi) is 2.08. The Bertz CT molecular complexity index is 476. The van der Waals surface area contributed by atoms with E-state index in [2.05, 4.69) is 16.1 Å². The van der Waals surface area contributed by atoms with Gasteiger partial charge < -0.3 is 0 Å². The number of aryl methyl sites for hydroxylation is 1. The number of rotatable bonds is 1. The molecule has 0 saturated heterocycles. The molecule has 0 atom stereocenters. The summed E-state index contributed by atoms with van der Waals surface area (Å²) in [5, 5.41) is 6.71. The Morgan fingerprint density at radius 2 is 2.29 bits per heavy atom. The van der Waals surface area contributed by atoms with Crippen LogP contribution in [-0.2, 0) is 0 Å². The van der Waals surface area contributed by atoms with Crippen molar-refractivity contribution in [3.8, 4) is 23.5 Å². The summed E-state index contributed by atoms with van der Waals surface area (Å²) < 4.78 is 0. The fraction of sp³-hybridized carbons (Fsp3) is 0.0833. The van der Waals surface area contributed by atoms with Gasteiger partial charge in [-0.15, -0.1) is 6.42 Å². The number of hydrogen-bond donors (Lipinski definition) is 1. The molecular formula is C12H10N2. The lowest BCUT2D eigenvalue weighted by Crippen LogP contribution is -1.83. The summed E-state index contributed by atoms with van der Waals surface area (Å²) in [6.07, 6.45) is 9.00. The molecule has 0 saturated carbocycles. The van der Waals surface area contributed by atoms with Crippen molar-refractivity contribution in [1.82, 2.24) is 10.2 Å². The predicted molar refractivity (Wildman–Crippen MR) is 56.7 cm³/mol. The Labute approximate surface area is 83.0 Å². The quantitative estimate of drug-likeness (QED) is 0.674. The molecule has 0 unspecified atom stereocenters. The van der Waals surface area contributed by atoms with Crippen LogP contribution in [0.5, 0.6) is 0 Å². The lowest BCUT2D eigenvalue weighted by Gasteiger charge is -2.02. The second-order valence-electron chi connectivity index (χ2n) is 3.16. The van der Waals surface area contributed by atoms with Crippen molar-refractivity contribution < 1.29 is 0 Å². The Hall–Kier alpha value is -2.01. The normalized spacial score (nSPS) is 9.71. The van der Waals surface area contributed by atoms with E-state index in [1.165, 1.54) is 5.56 Å². The molecule has 68 valence electrons. The highest BCUT2D eigenvalue weighted by atomic mass is 15.1. The van der Waals surface area contributed by atoms with Crippen LogP contribution in [0.2, 0.25) is 0 Å². The second kappa shape index (κ2) is 3.39. The fourth-order valence-electron chi connectivity index (χ4n) is 1.48. The van der Waals surface area contributed by atoms with E-state index in [0.717, 1.165) is 16.7 Å². The van der Waals surface area contributed by atoms with Crippen LogP contribution in [0.3, 0.4) is 0 Å². The van der Waals surface area contributed by atoms with Gasteiger partial charge in [0.15, 0.2) is 0 Å². The zero-order valence-corrected chi connectivity index (χ0v) is 7.91. The largest absolute Gasteiger partial charge is 0.285 e. The molecule has 1 N–H and O–H groups in total. The van der Waals surface area contributed by atoms with Crippen molar-refractivity contribution in [3.63, 3.8) is 0 Å². The molecule has 1 aromatic carbocycles. The number of aromatic nitrogens is 2. The Morgan fingerprint density at radius 3 is 2.86 bits per heavy atom. The number of nitrogens with one attached hydrogen (secondary N) is 1. The van der Waals surface area contributed by atoms with Gasteiger partial charge in [-0.3, -0.25) is 5.10 Å². The Morgan fingerprint density at radius 1 is 1.43 bits per heavy atom. The first-order chi connectivity index (χ1) is 6.81. The van der Waals surface area contributed by atoms with E-state index >= 15 is 0 Å². The molecule has 0 radical (unpaired) electrons. The van der Waals surface area contributed by atoms with Gasteiger partial charge in [0, 0.05) is 17.3 Å². The van der Waals surface area contributed by atoms with E-state index in [1.54, 1.807) is 6.20 Å². The maximum Gasteiger partial charge on any atom is 0.0565 e. The summed E-state index contributed by atoms with van der Waals surface area (Å²) in [7, 11) is 0. The van der Waals surface area contributed by atoms with E-state index in [1.807, 2.05) is 31.3 Å². The number of hydrogen-bond acceptors (Lipinski definition) is 1. The van der Waals surface area contributed by atoms with Crippen molar-refractivity contribution in [1.29, 1.82) is 0 Å². The molecule has 1 heterocycles. The molecule has 0 aliphatic carbocycles. The summed E-state index contributed by atoms with van der Waals surface area (Å²) in [5.74, 6) is 2.62. The minimum absolute atomic E-state index is 0.912. The van der Waals surface area contributed by atoms with Crippen LogP contribution in [0, 0.1) is 19.3 Å². The average molecular weight is 182 g/mol. The minimum Gasteiger partial charge on any atom is -0.285 e. The summed E-state index contributed by atoms with van der Waals surface area (Å²) in [5.41, 5.74) is 4.33. The highest BCUT2D eigenvalue weighted by Gasteiger charge is 2.02. The zero-order chi connectivity index (χ0) is 9.97.